The number of rotatable bonds is 4. The monoisotopic (exact) mass is 291 g/mol. The second-order valence-electron chi connectivity index (χ2n) is 5.32. The average molecular weight is 291 g/mol. The van der Waals surface area contributed by atoms with Gasteiger partial charge in [-0.05, 0) is 30.9 Å². The number of hydrogen-bond donors (Lipinski definition) is 1. The predicted molar refractivity (Wildman–Crippen MR) is 83.7 cm³/mol. The Balaban J connectivity index is 1.96. The van der Waals surface area contributed by atoms with Crippen LogP contribution in [-0.2, 0) is 0 Å². The molecule has 4 nitrogen and oxygen atoms in total. The van der Waals surface area contributed by atoms with Gasteiger partial charge in [0.1, 0.15) is 10.7 Å². The topological polar surface area (TPSA) is 59.2 Å². The lowest BCUT2D eigenvalue weighted by Gasteiger charge is -2.31. The summed E-state index contributed by atoms with van der Waals surface area (Å²) in [7, 11) is 0. The van der Waals surface area contributed by atoms with Crippen LogP contribution in [-0.4, -0.2) is 33.9 Å². The fourth-order valence-electron chi connectivity index (χ4n) is 2.66. The van der Waals surface area contributed by atoms with E-state index in [1.54, 1.807) is 18.3 Å². The molecule has 2 rings (SSSR count). The standard InChI is InChI=1S/C15H21N3OS/c1-2-3-11-6-8-18(9-7-11)15(19)13-5-4-12(10-17-13)14(16)20/h4-5,10-11H,2-3,6-9H2,1H3,(H2,16,20). The van der Waals surface area contributed by atoms with E-state index in [2.05, 4.69) is 11.9 Å². The molecule has 1 aromatic heterocycles. The molecule has 2 N–H and O–H groups in total. The Morgan fingerprint density at radius 3 is 2.65 bits per heavy atom. The molecule has 1 amide bonds. The van der Waals surface area contributed by atoms with Crippen molar-refractivity contribution in [1.29, 1.82) is 0 Å². The summed E-state index contributed by atoms with van der Waals surface area (Å²) in [6.45, 7) is 3.88. The molecule has 0 atom stereocenters. The highest BCUT2D eigenvalue weighted by Gasteiger charge is 2.23. The van der Waals surface area contributed by atoms with Crippen molar-refractivity contribution in [3.8, 4) is 0 Å². The van der Waals surface area contributed by atoms with Crippen molar-refractivity contribution in [2.75, 3.05) is 13.1 Å². The van der Waals surface area contributed by atoms with Crippen LogP contribution in [0.3, 0.4) is 0 Å². The van der Waals surface area contributed by atoms with Crippen molar-refractivity contribution in [3.05, 3.63) is 29.6 Å². The summed E-state index contributed by atoms with van der Waals surface area (Å²) in [6, 6.07) is 3.46. The molecule has 1 aliphatic rings. The van der Waals surface area contributed by atoms with Crippen molar-refractivity contribution in [1.82, 2.24) is 9.88 Å². The zero-order valence-electron chi connectivity index (χ0n) is 11.8. The lowest BCUT2D eigenvalue weighted by molar-refractivity contribution is 0.0680. The Morgan fingerprint density at radius 1 is 1.45 bits per heavy atom. The Bertz CT molecular complexity index is 478. The van der Waals surface area contributed by atoms with Crippen molar-refractivity contribution in [2.24, 2.45) is 11.7 Å². The third-order valence-electron chi connectivity index (χ3n) is 3.87. The van der Waals surface area contributed by atoms with E-state index < -0.39 is 0 Å². The van der Waals surface area contributed by atoms with Crippen molar-refractivity contribution in [2.45, 2.75) is 32.6 Å². The van der Waals surface area contributed by atoms with Crippen LogP contribution in [0.15, 0.2) is 18.3 Å². The van der Waals surface area contributed by atoms with Crippen molar-refractivity contribution in [3.63, 3.8) is 0 Å². The molecule has 0 spiro atoms. The molecule has 1 aromatic rings. The molecule has 0 unspecified atom stereocenters. The van der Waals surface area contributed by atoms with E-state index in [1.807, 2.05) is 4.90 Å². The second kappa shape index (κ2) is 6.79. The third kappa shape index (κ3) is 3.54. The molecule has 2 heterocycles. The highest BCUT2D eigenvalue weighted by atomic mass is 32.1. The number of carbonyl (C=O) groups excluding carboxylic acids is 1. The van der Waals surface area contributed by atoms with Crippen LogP contribution in [0.1, 0.15) is 48.7 Å². The lowest BCUT2D eigenvalue weighted by atomic mass is 9.92. The first-order valence-corrected chi connectivity index (χ1v) is 7.57. The van der Waals surface area contributed by atoms with Gasteiger partial charge in [-0.2, -0.15) is 0 Å². The van der Waals surface area contributed by atoms with Gasteiger partial charge in [0.15, 0.2) is 0 Å². The molecule has 20 heavy (non-hydrogen) atoms. The van der Waals surface area contributed by atoms with Crippen LogP contribution in [0.25, 0.3) is 0 Å². The molecular weight excluding hydrogens is 270 g/mol. The smallest absolute Gasteiger partial charge is 0.272 e. The highest BCUT2D eigenvalue weighted by Crippen LogP contribution is 2.22. The quantitative estimate of drug-likeness (QED) is 0.865. The molecule has 5 heteroatoms. The van der Waals surface area contributed by atoms with E-state index in [1.165, 1.54) is 12.8 Å². The Labute approximate surface area is 125 Å². The van der Waals surface area contributed by atoms with Gasteiger partial charge in [0, 0.05) is 24.8 Å². The number of carbonyl (C=O) groups is 1. The van der Waals surface area contributed by atoms with Crippen LogP contribution in [0.4, 0.5) is 0 Å². The first-order chi connectivity index (χ1) is 9.61. The van der Waals surface area contributed by atoms with E-state index in [-0.39, 0.29) is 5.91 Å². The summed E-state index contributed by atoms with van der Waals surface area (Å²) in [6.07, 6.45) is 6.26. The van der Waals surface area contributed by atoms with Gasteiger partial charge in [0.2, 0.25) is 0 Å². The van der Waals surface area contributed by atoms with Gasteiger partial charge in [0.05, 0.1) is 0 Å². The molecule has 0 saturated carbocycles. The minimum absolute atomic E-state index is 0.00874. The minimum atomic E-state index is 0.00874. The molecule has 0 aliphatic carbocycles. The number of piperidine rings is 1. The van der Waals surface area contributed by atoms with E-state index in [4.69, 9.17) is 18.0 Å². The van der Waals surface area contributed by atoms with Crippen LogP contribution in [0.5, 0.6) is 0 Å². The summed E-state index contributed by atoms with van der Waals surface area (Å²) in [5.74, 6) is 0.781. The Hall–Kier alpha value is -1.49. The van der Waals surface area contributed by atoms with E-state index in [9.17, 15) is 4.79 Å². The molecule has 1 fully saturated rings. The normalized spacial score (nSPS) is 16.1. The first-order valence-electron chi connectivity index (χ1n) is 7.17. The summed E-state index contributed by atoms with van der Waals surface area (Å²) in [5.41, 5.74) is 6.69. The fourth-order valence-corrected chi connectivity index (χ4v) is 2.78. The zero-order chi connectivity index (χ0) is 14.5. The molecule has 1 aliphatic heterocycles. The number of nitrogens with zero attached hydrogens (tertiary/aromatic N) is 2. The lowest BCUT2D eigenvalue weighted by Crippen LogP contribution is -2.38. The second-order valence-corrected chi connectivity index (χ2v) is 5.76. The SMILES string of the molecule is CCCC1CCN(C(=O)c2ccc(C(N)=S)cn2)CC1. The Kier molecular flexibility index (Phi) is 5.06. The Morgan fingerprint density at radius 2 is 2.15 bits per heavy atom. The van der Waals surface area contributed by atoms with Gasteiger partial charge in [-0.25, -0.2) is 0 Å². The van der Waals surface area contributed by atoms with Gasteiger partial charge in [-0.3, -0.25) is 9.78 Å². The molecule has 0 bridgehead atoms. The fraction of sp³-hybridized carbons (Fsp3) is 0.533. The number of aromatic nitrogens is 1. The van der Waals surface area contributed by atoms with Crippen LogP contribution >= 0.6 is 12.2 Å². The van der Waals surface area contributed by atoms with Crippen LogP contribution in [0.2, 0.25) is 0 Å². The summed E-state index contributed by atoms with van der Waals surface area (Å²) in [5, 5.41) is 0. The number of thiocarbonyl (C=S) groups is 1. The van der Waals surface area contributed by atoms with Gasteiger partial charge < -0.3 is 10.6 Å². The largest absolute Gasteiger partial charge is 0.389 e. The number of hydrogen-bond acceptors (Lipinski definition) is 3. The minimum Gasteiger partial charge on any atom is -0.389 e. The van der Waals surface area contributed by atoms with Gasteiger partial charge in [-0.1, -0.05) is 32.0 Å². The van der Waals surface area contributed by atoms with Gasteiger partial charge >= 0.3 is 0 Å². The predicted octanol–water partition coefficient (Wildman–Crippen LogP) is 2.37. The van der Waals surface area contributed by atoms with Crippen molar-refractivity contribution < 1.29 is 4.79 Å². The van der Waals surface area contributed by atoms with E-state index in [0.717, 1.165) is 31.8 Å². The molecule has 108 valence electrons. The third-order valence-corrected chi connectivity index (χ3v) is 4.10. The summed E-state index contributed by atoms with van der Waals surface area (Å²) in [4.78, 5) is 18.7. The molecule has 0 aromatic carbocycles. The molecular formula is C15H21N3OS. The number of likely N-dealkylation sites (tertiary alicyclic amines) is 1. The van der Waals surface area contributed by atoms with E-state index >= 15 is 0 Å². The van der Waals surface area contributed by atoms with Crippen molar-refractivity contribution >= 4 is 23.1 Å². The number of pyridine rings is 1. The first kappa shape index (κ1) is 14.9. The maximum atomic E-state index is 12.3. The van der Waals surface area contributed by atoms with Crippen LogP contribution in [0, 0.1) is 5.92 Å². The van der Waals surface area contributed by atoms with Gasteiger partial charge in [0.25, 0.3) is 5.91 Å². The maximum absolute atomic E-state index is 12.3. The average Bonchev–Trinajstić information content (AvgIpc) is 2.48. The number of amides is 1. The molecule has 1 saturated heterocycles. The maximum Gasteiger partial charge on any atom is 0.272 e. The van der Waals surface area contributed by atoms with Crippen LogP contribution < -0.4 is 5.73 Å². The number of nitrogens with two attached hydrogens (primary N) is 1. The summed E-state index contributed by atoms with van der Waals surface area (Å²) < 4.78 is 0. The molecule has 0 radical (unpaired) electrons. The van der Waals surface area contributed by atoms with E-state index in [0.29, 0.717) is 16.2 Å². The van der Waals surface area contributed by atoms with Gasteiger partial charge in [-0.15, -0.1) is 0 Å². The highest BCUT2D eigenvalue weighted by molar-refractivity contribution is 7.80. The summed E-state index contributed by atoms with van der Waals surface area (Å²) >= 11 is 4.88. The zero-order valence-corrected chi connectivity index (χ0v) is 12.7.